The van der Waals surface area contributed by atoms with Crippen molar-refractivity contribution in [3.8, 4) is 0 Å². The molecule has 1 fully saturated rings. The Morgan fingerprint density at radius 2 is 1.62 bits per heavy atom. The first-order valence-corrected chi connectivity index (χ1v) is 8.27. The maximum atomic E-state index is 12.3. The number of alkyl halides is 3. The van der Waals surface area contributed by atoms with E-state index in [-0.39, 0.29) is 16.7 Å². The van der Waals surface area contributed by atoms with E-state index in [4.69, 9.17) is 0 Å². The Kier molecular flexibility index (Phi) is 5.47. The van der Waals surface area contributed by atoms with Crippen LogP contribution in [0.4, 0.5) is 18.9 Å². The Balaban J connectivity index is 1.84. The molecule has 0 amide bonds. The molecule has 0 radical (unpaired) electrons. The molecule has 1 saturated carbocycles. The zero-order valence-electron chi connectivity index (χ0n) is 12.4. The molecule has 21 heavy (non-hydrogen) atoms. The van der Waals surface area contributed by atoms with Gasteiger partial charge < -0.3 is 5.32 Å². The standard InChI is InChI=1S/C16H22F3NS/c1-11(2)12-3-5-13(6-4-12)20-14-7-9-15(10-8-14)21-16(17,18)19/h7-13,20H,3-6H2,1-2H3. The van der Waals surface area contributed by atoms with Gasteiger partial charge in [-0.1, -0.05) is 13.8 Å². The van der Waals surface area contributed by atoms with Crippen LogP contribution in [0.3, 0.4) is 0 Å². The first-order chi connectivity index (χ1) is 9.83. The minimum Gasteiger partial charge on any atom is -0.382 e. The highest BCUT2D eigenvalue weighted by molar-refractivity contribution is 8.00. The maximum absolute atomic E-state index is 12.3. The highest BCUT2D eigenvalue weighted by atomic mass is 32.2. The third-order valence-electron chi connectivity index (χ3n) is 4.17. The molecule has 0 heterocycles. The number of hydrogen-bond donors (Lipinski definition) is 1. The molecule has 0 aliphatic heterocycles. The van der Waals surface area contributed by atoms with Crippen LogP contribution in [0.5, 0.6) is 0 Å². The lowest BCUT2D eigenvalue weighted by molar-refractivity contribution is -0.0328. The minimum atomic E-state index is -4.22. The molecule has 5 heteroatoms. The van der Waals surface area contributed by atoms with Crippen LogP contribution in [0.15, 0.2) is 29.2 Å². The van der Waals surface area contributed by atoms with Crippen LogP contribution in [0.2, 0.25) is 0 Å². The summed E-state index contributed by atoms with van der Waals surface area (Å²) >= 11 is -0.0688. The molecule has 1 aromatic carbocycles. The van der Waals surface area contributed by atoms with Gasteiger partial charge in [-0.3, -0.25) is 0 Å². The minimum absolute atomic E-state index is 0.0688. The molecular weight excluding hydrogens is 295 g/mol. The Bertz CT molecular complexity index is 434. The van der Waals surface area contributed by atoms with Crippen molar-refractivity contribution < 1.29 is 13.2 Å². The Labute approximate surface area is 128 Å². The monoisotopic (exact) mass is 317 g/mol. The summed E-state index contributed by atoms with van der Waals surface area (Å²) in [5.41, 5.74) is -3.31. The molecule has 0 spiro atoms. The van der Waals surface area contributed by atoms with Gasteiger partial charge in [-0.2, -0.15) is 13.2 Å². The average Bonchev–Trinajstić information content (AvgIpc) is 2.40. The Morgan fingerprint density at radius 1 is 1.05 bits per heavy atom. The predicted octanol–water partition coefficient (Wildman–Crippen LogP) is 5.93. The van der Waals surface area contributed by atoms with E-state index in [0.29, 0.717) is 6.04 Å². The molecule has 1 aromatic rings. The summed E-state index contributed by atoms with van der Waals surface area (Å²) in [6, 6.07) is 6.98. The highest BCUT2D eigenvalue weighted by Crippen LogP contribution is 2.37. The van der Waals surface area contributed by atoms with Crippen LogP contribution in [-0.2, 0) is 0 Å². The number of benzene rings is 1. The van der Waals surface area contributed by atoms with Crippen molar-refractivity contribution in [1.82, 2.24) is 0 Å². The lowest BCUT2D eigenvalue weighted by Crippen LogP contribution is -2.27. The fraction of sp³-hybridized carbons (Fsp3) is 0.625. The van der Waals surface area contributed by atoms with Crippen molar-refractivity contribution in [2.24, 2.45) is 11.8 Å². The second kappa shape index (κ2) is 6.95. The summed E-state index contributed by atoms with van der Waals surface area (Å²) in [5, 5.41) is 3.44. The molecule has 0 saturated heterocycles. The second-order valence-electron chi connectivity index (χ2n) is 6.07. The topological polar surface area (TPSA) is 12.0 Å². The van der Waals surface area contributed by atoms with E-state index in [1.165, 1.54) is 25.0 Å². The zero-order chi connectivity index (χ0) is 15.5. The van der Waals surface area contributed by atoms with Crippen molar-refractivity contribution in [2.45, 2.75) is 56.0 Å². The first-order valence-electron chi connectivity index (χ1n) is 7.46. The molecular formula is C16H22F3NS. The number of nitrogens with one attached hydrogen (secondary N) is 1. The maximum Gasteiger partial charge on any atom is 0.446 e. The largest absolute Gasteiger partial charge is 0.446 e. The number of rotatable bonds is 4. The first kappa shape index (κ1) is 16.5. The van der Waals surface area contributed by atoms with E-state index >= 15 is 0 Å². The Morgan fingerprint density at radius 3 is 2.10 bits per heavy atom. The molecule has 1 N–H and O–H groups in total. The van der Waals surface area contributed by atoms with Crippen molar-refractivity contribution in [2.75, 3.05) is 5.32 Å². The molecule has 2 rings (SSSR count). The summed E-state index contributed by atoms with van der Waals surface area (Å²) in [7, 11) is 0. The van der Waals surface area contributed by atoms with Gasteiger partial charge in [0.05, 0.1) is 0 Å². The van der Waals surface area contributed by atoms with Crippen LogP contribution in [-0.4, -0.2) is 11.6 Å². The predicted molar refractivity (Wildman–Crippen MR) is 82.6 cm³/mol. The van der Waals surface area contributed by atoms with Crippen molar-refractivity contribution in [3.63, 3.8) is 0 Å². The fourth-order valence-corrected chi connectivity index (χ4v) is 3.46. The van der Waals surface area contributed by atoms with E-state index in [9.17, 15) is 13.2 Å². The van der Waals surface area contributed by atoms with Crippen molar-refractivity contribution >= 4 is 17.4 Å². The van der Waals surface area contributed by atoms with Crippen LogP contribution < -0.4 is 5.32 Å². The van der Waals surface area contributed by atoms with Gasteiger partial charge in [-0.15, -0.1) is 0 Å². The highest BCUT2D eigenvalue weighted by Gasteiger charge is 2.29. The lowest BCUT2D eigenvalue weighted by atomic mass is 9.79. The van der Waals surface area contributed by atoms with E-state index in [2.05, 4.69) is 19.2 Å². The SMILES string of the molecule is CC(C)C1CCC(Nc2ccc(SC(F)(F)F)cc2)CC1. The van der Waals surface area contributed by atoms with Gasteiger partial charge >= 0.3 is 5.51 Å². The number of halogens is 3. The molecule has 0 unspecified atom stereocenters. The second-order valence-corrected chi connectivity index (χ2v) is 7.21. The van der Waals surface area contributed by atoms with Crippen molar-refractivity contribution in [3.05, 3.63) is 24.3 Å². The van der Waals surface area contributed by atoms with Crippen LogP contribution in [0.1, 0.15) is 39.5 Å². The van der Waals surface area contributed by atoms with E-state index in [1.54, 1.807) is 12.1 Å². The molecule has 0 atom stereocenters. The van der Waals surface area contributed by atoms with Gasteiger partial charge in [0.1, 0.15) is 0 Å². The lowest BCUT2D eigenvalue weighted by Gasteiger charge is -2.31. The molecule has 0 aromatic heterocycles. The third-order valence-corrected chi connectivity index (χ3v) is 4.91. The van der Waals surface area contributed by atoms with Gasteiger partial charge in [0.2, 0.25) is 0 Å². The molecule has 1 aliphatic carbocycles. The average molecular weight is 317 g/mol. The Hall–Kier alpha value is -0.840. The van der Waals surface area contributed by atoms with Crippen molar-refractivity contribution in [1.29, 1.82) is 0 Å². The molecule has 1 nitrogen and oxygen atoms in total. The summed E-state index contributed by atoms with van der Waals surface area (Å²) < 4.78 is 36.8. The van der Waals surface area contributed by atoms with E-state index in [0.717, 1.165) is 30.4 Å². The summed E-state index contributed by atoms with van der Waals surface area (Å²) in [6.07, 6.45) is 4.75. The smallest absolute Gasteiger partial charge is 0.382 e. The van der Waals surface area contributed by atoms with Gasteiger partial charge in [0.25, 0.3) is 0 Å². The van der Waals surface area contributed by atoms with Gasteiger partial charge in [0, 0.05) is 16.6 Å². The van der Waals surface area contributed by atoms with E-state index < -0.39 is 5.51 Å². The third kappa shape index (κ3) is 5.46. The zero-order valence-corrected chi connectivity index (χ0v) is 13.2. The summed E-state index contributed by atoms with van der Waals surface area (Å²) in [5.74, 6) is 1.55. The van der Waals surface area contributed by atoms with Crippen LogP contribution in [0.25, 0.3) is 0 Å². The van der Waals surface area contributed by atoms with Gasteiger partial charge in [-0.05, 0) is 73.5 Å². The van der Waals surface area contributed by atoms with E-state index in [1.807, 2.05) is 0 Å². The summed E-state index contributed by atoms with van der Waals surface area (Å²) in [6.45, 7) is 4.55. The quantitative estimate of drug-likeness (QED) is 0.691. The molecule has 118 valence electrons. The number of thioether (sulfide) groups is 1. The normalized spacial score (nSPS) is 23.3. The molecule has 1 aliphatic rings. The van der Waals surface area contributed by atoms with Gasteiger partial charge in [0.15, 0.2) is 0 Å². The van der Waals surface area contributed by atoms with Crippen LogP contribution in [0, 0.1) is 11.8 Å². The molecule has 0 bridgehead atoms. The number of hydrogen-bond acceptors (Lipinski definition) is 2. The fourth-order valence-electron chi connectivity index (χ4n) is 2.92. The van der Waals surface area contributed by atoms with Crippen LogP contribution >= 0.6 is 11.8 Å². The van der Waals surface area contributed by atoms with Gasteiger partial charge in [-0.25, -0.2) is 0 Å². The number of anilines is 1. The summed E-state index contributed by atoms with van der Waals surface area (Å²) in [4.78, 5) is 0.233.